The molecule has 1 rings (SSSR count). The minimum atomic E-state index is -0.000370. The molecule has 0 aliphatic carbocycles. The van der Waals surface area contributed by atoms with Gasteiger partial charge in [-0.25, -0.2) is 0 Å². The van der Waals surface area contributed by atoms with E-state index in [9.17, 15) is 4.79 Å². The zero-order chi connectivity index (χ0) is 9.84. The third kappa shape index (κ3) is 2.60. The number of aromatic nitrogens is 2. The van der Waals surface area contributed by atoms with Crippen LogP contribution in [0, 0.1) is 3.95 Å². The summed E-state index contributed by atoms with van der Waals surface area (Å²) in [5.41, 5.74) is 0. The molecule has 0 saturated carbocycles. The summed E-state index contributed by atoms with van der Waals surface area (Å²) in [5.74, 6) is -0.000370. The van der Waals surface area contributed by atoms with Gasteiger partial charge >= 0.3 is 0 Å². The number of aromatic amines is 1. The van der Waals surface area contributed by atoms with Gasteiger partial charge < -0.3 is 0 Å². The molecule has 0 aliphatic rings. The Labute approximate surface area is 85.6 Å². The van der Waals surface area contributed by atoms with Gasteiger partial charge in [-0.05, 0) is 18.6 Å². The first-order chi connectivity index (χ1) is 6.15. The minimum absolute atomic E-state index is 0.000370. The van der Waals surface area contributed by atoms with E-state index in [1.54, 1.807) is 4.90 Å². The number of hydrogen-bond donors (Lipinski definition) is 1. The van der Waals surface area contributed by atoms with E-state index in [1.807, 2.05) is 6.92 Å². The van der Waals surface area contributed by atoms with Crippen molar-refractivity contribution in [3.05, 3.63) is 3.95 Å². The van der Waals surface area contributed by atoms with Gasteiger partial charge in [0, 0.05) is 13.5 Å². The van der Waals surface area contributed by atoms with Gasteiger partial charge in [-0.15, -0.1) is 5.10 Å². The standard InChI is InChI=1S/C7H11N3OS2/c1-3-4-10(5(2)11)6-8-9-7(12)13-6/h3-4H2,1-2H3,(H,9,12). The lowest BCUT2D eigenvalue weighted by atomic mass is 10.4. The molecule has 0 bridgehead atoms. The third-order valence-electron chi connectivity index (χ3n) is 1.49. The lowest BCUT2D eigenvalue weighted by Crippen LogP contribution is -2.28. The van der Waals surface area contributed by atoms with Crippen molar-refractivity contribution in [3.63, 3.8) is 0 Å². The monoisotopic (exact) mass is 217 g/mol. The van der Waals surface area contributed by atoms with Crippen LogP contribution in [0.3, 0.4) is 0 Å². The molecule has 13 heavy (non-hydrogen) atoms. The number of carbonyl (C=O) groups excluding carboxylic acids is 1. The Morgan fingerprint density at radius 3 is 2.85 bits per heavy atom. The van der Waals surface area contributed by atoms with E-state index in [-0.39, 0.29) is 5.91 Å². The average molecular weight is 217 g/mol. The first-order valence-corrected chi connectivity index (χ1v) is 5.21. The van der Waals surface area contributed by atoms with Gasteiger partial charge in [-0.3, -0.25) is 14.8 Å². The van der Waals surface area contributed by atoms with Crippen LogP contribution in [0.2, 0.25) is 0 Å². The van der Waals surface area contributed by atoms with Crippen molar-refractivity contribution in [2.45, 2.75) is 20.3 Å². The smallest absolute Gasteiger partial charge is 0.225 e. The minimum Gasteiger partial charge on any atom is -0.287 e. The molecule has 0 radical (unpaired) electrons. The summed E-state index contributed by atoms with van der Waals surface area (Å²) >= 11 is 6.20. The lowest BCUT2D eigenvalue weighted by molar-refractivity contribution is -0.116. The summed E-state index contributed by atoms with van der Waals surface area (Å²) in [7, 11) is 0. The van der Waals surface area contributed by atoms with Crippen molar-refractivity contribution in [2.75, 3.05) is 11.4 Å². The van der Waals surface area contributed by atoms with E-state index < -0.39 is 0 Å². The van der Waals surface area contributed by atoms with Crippen LogP contribution in [0.15, 0.2) is 0 Å². The van der Waals surface area contributed by atoms with Gasteiger partial charge in [0.2, 0.25) is 11.0 Å². The Morgan fingerprint density at radius 1 is 1.77 bits per heavy atom. The summed E-state index contributed by atoms with van der Waals surface area (Å²) in [5, 5.41) is 7.25. The number of rotatable bonds is 3. The van der Waals surface area contributed by atoms with Gasteiger partial charge in [0.15, 0.2) is 3.95 Å². The van der Waals surface area contributed by atoms with E-state index in [4.69, 9.17) is 12.2 Å². The second-order valence-corrected chi connectivity index (χ2v) is 4.21. The second kappa shape index (κ2) is 4.48. The zero-order valence-electron chi connectivity index (χ0n) is 7.53. The third-order valence-corrected chi connectivity index (χ3v) is 2.60. The molecular formula is C7H11N3OS2. The highest BCUT2D eigenvalue weighted by molar-refractivity contribution is 7.73. The van der Waals surface area contributed by atoms with Gasteiger partial charge in [0.05, 0.1) is 0 Å². The topological polar surface area (TPSA) is 49.0 Å². The molecule has 0 unspecified atom stereocenters. The van der Waals surface area contributed by atoms with Gasteiger partial charge in [-0.1, -0.05) is 18.3 Å². The fourth-order valence-electron chi connectivity index (χ4n) is 0.949. The molecule has 1 aromatic heterocycles. The van der Waals surface area contributed by atoms with Crippen LogP contribution >= 0.6 is 23.6 Å². The molecule has 0 atom stereocenters. The summed E-state index contributed by atoms with van der Waals surface area (Å²) in [6.45, 7) is 4.23. The number of H-pyrrole nitrogens is 1. The Kier molecular flexibility index (Phi) is 3.56. The highest BCUT2D eigenvalue weighted by Crippen LogP contribution is 2.17. The first kappa shape index (κ1) is 10.3. The number of nitrogens with one attached hydrogen (secondary N) is 1. The predicted octanol–water partition coefficient (Wildman–Crippen LogP) is 1.96. The van der Waals surface area contributed by atoms with Crippen LogP contribution in [-0.4, -0.2) is 22.6 Å². The molecule has 1 aromatic rings. The number of anilines is 1. The van der Waals surface area contributed by atoms with Crippen LogP contribution in [-0.2, 0) is 4.79 Å². The summed E-state index contributed by atoms with van der Waals surface area (Å²) in [6, 6.07) is 0. The fraction of sp³-hybridized carbons (Fsp3) is 0.571. The molecule has 72 valence electrons. The molecule has 4 nitrogen and oxygen atoms in total. The number of carbonyl (C=O) groups is 1. The molecule has 6 heteroatoms. The van der Waals surface area contributed by atoms with Crippen LogP contribution in [0.1, 0.15) is 20.3 Å². The maximum absolute atomic E-state index is 11.2. The van der Waals surface area contributed by atoms with Crippen LogP contribution < -0.4 is 4.90 Å². The van der Waals surface area contributed by atoms with Gasteiger partial charge in [0.1, 0.15) is 0 Å². The van der Waals surface area contributed by atoms with Crippen LogP contribution in [0.25, 0.3) is 0 Å². The Bertz CT molecular complexity index is 344. The maximum Gasteiger partial charge on any atom is 0.225 e. The van der Waals surface area contributed by atoms with Crippen molar-refractivity contribution in [1.82, 2.24) is 10.2 Å². The molecule has 1 N–H and O–H groups in total. The molecule has 1 heterocycles. The quantitative estimate of drug-likeness (QED) is 0.787. The fourth-order valence-corrected chi connectivity index (χ4v) is 1.90. The van der Waals surface area contributed by atoms with E-state index in [0.29, 0.717) is 15.6 Å². The number of amides is 1. The van der Waals surface area contributed by atoms with Crippen molar-refractivity contribution in [3.8, 4) is 0 Å². The Morgan fingerprint density at radius 2 is 2.46 bits per heavy atom. The Balaban J connectivity index is 2.88. The van der Waals surface area contributed by atoms with E-state index in [0.717, 1.165) is 6.42 Å². The SMILES string of the molecule is CCCN(C(C)=O)c1n[nH]c(=S)s1. The maximum atomic E-state index is 11.2. The molecular weight excluding hydrogens is 206 g/mol. The van der Waals surface area contributed by atoms with Gasteiger partial charge in [-0.2, -0.15) is 0 Å². The highest BCUT2D eigenvalue weighted by atomic mass is 32.1. The normalized spacial score (nSPS) is 10.0. The lowest BCUT2D eigenvalue weighted by Gasteiger charge is -2.15. The van der Waals surface area contributed by atoms with Crippen LogP contribution in [0.5, 0.6) is 0 Å². The first-order valence-electron chi connectivity index (χ1n) is 3.98. The average Bonchev–Trinajstić information content (AvgIpc) is 2.46. The Hall–Kier alpha value is -0.750. The van der Waals surface area contributed by atoms with Crippen molar-refractivity contribution >= 4 is 34.6 Å². The van der Waals surface area contributed by atoms with Crippen molar-refractivity contribution < 1.29 is 4.79 Å². The number of nitrogens with zero attached hydrogens (tertiary/aromatic N) is 2. The van der Waals surface area contributed by atoms with E-state index in [2.05, 4.69) is 10.2 Å². The second-order valence-electron chi connectivity index (χ2n) is 2.57. The van der Waals surface area contributed by atoms with E-state index >= 15 is 0 Å². The predicted molar refractivity (Wildman–Crippen MR) is 55.6 cm³/mol. The zero-order valence-corrected chi connectivity index (χ0v) is 9.17. The molecule has 0 fully saturated rings. The molecule has 0 saturated heterocycles. The van der Waals surface area contributed by atoms with Gasteiger partial charge in [0.25, 0.3) is 0 Å². The highest BCUT2D eigenvalue weighted by Gasteiger charge is 2.12. The number of hydrogen-bond acceptors (Lipinski definition) is 4. The van der Waals surface area contributed by atoms with Crippen LogP contribution in [0.4, 0.5) is 5.13 Å². The summed E-state index contributed by atoms with van der Waals surface area (Å²) in [4.78, 5) is 12.8. The van der Waals surface area contributed by atoms with E-state index in [1.165, 1.54) is 18.3 Å². The molecule has 1 amide bonds. The molecule has 0 aliphatic heterocycles. The van der Waals surface area contributed by atoms with Crippen molar-refractivity contribution in [2.24, 2.45) is 0 Å². The largest absolute Gasteiger partial charge is 0.287 e. The molecule has 0 spiro atoms. The molecule has 0 aromatic carbocycles. The summed E-state index contributed by atoms with van der Waals surface area (Å²) in [6.07, 6.45) is 0.909. The summed E-state index contributed by atoms with van der Waals surface area (Å²) < 4.78 is 0.595. The van der Waals surface area contributed by atoms with Crippen molar-refractivity contribution in [1.29, 1.82) is 0 Å².